The zero-order valence-electron chi connectivity index (χ0n) is 13.2. The maximum atomic E-state index is 12.3. The van der Waals surface area contributed by atoms with E-state index >= 15 is 0 Å². The van der Waals surface area contributed by atoms with Crippen molar-refractivity contribution in [3.8, 4) is 0 Å². The molecule has 21 heavy (non-hydrogen) atoms. The number of amides is 1. The van der Waals surface area contributed by atoms with Gasteiger partial charge in [-0.05, 0) is 29.7 Å². The van der Waals surface area contributed by atoms with E-state index in [9.17, 15) is 4.79 Å². The molecule has 2 N–H and O–H groups in total. The smallest absolute Gasteiger partial charge is 0.239 e. The van der Waals surface area contributed by atoms with Crippen molar-refractivity contribution in [2.75, 3.05) is 13.1 Å². The van der Waals surface area contributed by atoms with Gasteiger partial charge in [-0.1, -0.05) is 51.1 Å². The Kier molecular flexibility index (Phi) is 6.24. The number of nitrogens with zero attached hydrogens (tertiary/aromatic N) is 1. The van der Waals surface area contributed by atoms with Crippen LogP contribution in [0.2, 0.25) is 0 Å². The van der Waals surface area contributed by atoms with Crippen molar-refractivity contribution in [1.29, 1.82) is 0 Å². The first-order valence-electron chi connectivity index (χ1n) is 7.54. The van der Waals surface area contributed by atoms with Gasteiger partial charge in [-0.2, -0.15) is 0 Å². The lowest BCUT2D eigenvalue weighted by Gasteiger charge is -2.41. The van der Waals surface area contributed by atoms with Crippen LogP contribution < -0.4 is 5.73 Å². The van der Waals surface area contributed by atoms with Gasteiger partial charge in [0.2, 0.25) is 5.91 Å². The van der Waals surface area contributed by atoms with E-state index < -0.39 is 0 Å². The third-order valence-corrected chi connectivity index (χ3v) is 4.65. The second-order valence-corrected chi connectivity index (χ2v) is 6.52. The molecule has 0 radical (unpaired) electrons. The highest BCUT2D eigenvalue weighted by Crippen LogP contribution is 2.35. The molecule has 1 heterocycles. The first-order chi connectivity index (χ1) is 9.44. The zero-order valence-corrected chi connectivity index (χ0v) is 14.0. The SMILES string of the molecule is CC(C)[C@H](N)C(=O)N1CCC(C)(c2ccccc2)CC1.Cl. The quantitative estimate of drug-likeness (QED) is 0.933. The number of carbonyl (C=O) groups excluding carboxylic acids is 1. The lowest BCUT2D eigenvalue weighted by atomic mass is 9.74. The van der Waals surface area contributed by atoms with Crippen LogP contribution in [0.5, 0.6) is 0 Å². The molecule has 3 nitrogen and oxygen atoms in total. The number of rotatable bonds is 3. The molecule has 1 saturated heterocycles. The lowest BCUT2D eigenvalue weighted by molar-refractivity contribution is -0.135. The topological polar surface area (TPSA) is 46.3 Å². The van der Waals surface area contributed by atoms with E-state index in [1.807, 2.05) is 24.8 Å². The molecule has 118 valence electrons. The van der Waals surface area contributed by atoms with Gasteiger partial charge in [0.25, 0.3) is 0 Å². The molecule has 1 amide bonds. The average Bonchev–Trinajstić information content (AvgIpc) is 2.47. The Labute approximate surface area is 134 Å². The molecule has 1 aliphatic heterocycles. The monoisotopic (exact) mass is 310 g/mol. The average molecular weight is 311 g/mol. The first kappa shape index (κ1) is 18.0. The van der Waals surface area contributed by atoms with Crippen LogP contribution in [0, 0.1) is 5.92 Å². The van der Waals surface area contributed by atoms with Crippen molar-refractivity contribution >= 4 is 18.3 Å². The molecule has 1 aliphatic rings. The summed E-state index contributed by atoms with van der Waals surface area (Å²) in [5.74, 6) is 0.306. The van der Waals surface area contributed by atoms with E-state index in [1.54, 1.807) is 0 Å². The molecule has 1 aromatic carbocycles. The number of likely N-dealkylation sites (tertiary alicyclic amines) is 1. The fourth-order valence-corrected chi connectivity index (χ4v) is 2.85. The molecule has 0 unspecified atom stereocenters. The summed E-state index contributed by atoms with van der Waals surface area (Å²) in [5.41, 5.74) is 7.53. The van der Waals surface area contributed by atoms with Crippen LogP contribution in [-0.2, 0) is 10.2 Å². The summed E-state index contributed by atoms with van der Waals surface area (Å²) in [6.07, 6.45) is 2.02. The highest BCUT2D eigenvalue weighted by atomic mass is 35.5. The molecule has 4 heteroatoms. The van der Waals surface area contributed by atoms with Crippen molar-refractivity contribution in [3.05, 3.63) is 35.9 Å². The number of benzene rings is 1. The van der Waals surface area contributed by atoms with Gasteiger partial charge in [0, 0.05) is 13.1 Å². The Morgan fingerprint density at radius 1 is 1.19 bits per heavy atom. The van der Waals surface area contributed by atoms with E-state index in [0.29, 0.717) is 0 Å². The van der Waals surface area contributed by atoms with Crippen molar-refractivity contribution < 1.29 is 4.79 Å². The van der Waals surface area contributed by atoms with Crippen LogP contribution in [-0.4, -0.2) is 29.9 Å². The van der Waals surface area contributed by atoms with Crippen LogP contribution >= 0.6 is 12.4 Å². The van der Waals surface area contributed by atoms with E-state index in [4.69, 9.17) is 5.73 Å². The van der Waals surface area contributed by atoms with E-state index in [0.717, 1.165) is 25.9 Å². The maximum Gasteiger partial charge on any atom is 0.239 e. The minimum atomic E-state index is -0.365. The Bertz CT molecular complexity index is 453. The third-order valence-electron chi connectivity index (χ3n) is 4.65. The molecular weight excluding hydrogens is 284 g/mol. The Morgan fingerprint density at radius 2 is 1.71 bits per heavy atom. The number of nitrogens with two attached hydrogens (primary N) is 1. The predicted molar refractivity (Wildman–Crippen MR) is 89.7 cm³/mol. The molecular formula is C17H27ClN2O. The van der Waals surface area contributed by atoms with Crippen LogP contribution in [0.15, 0.2) is 30.3 Å². The Balaban J connectivity index is 0.00000220. The fourth-order valence-electron chi connectivity index (χ4n) is 2.85. The van der Waals surface area contributed by atoms with Crippen molar-refractivity contribution in [2.24, 2.45) is 11.7 Å². The predicted octanol–water partition coefficient (Wildman–Crippen LogP) is 2.97. The number of piperidine rings is 1. The van der Waals surface area contributed by atoms with Gasteiger partial charge in [-0.3, -0.25) is 4.79 Å². The van der Waals surface area contributed by atoms with Gasteiger partial charge < -0.3 is 10.6 Å². The van der Waals surface area contributed by atoms with Crippen LogP contribution in [0.1, 0.15) is 39.2 Å². The second-order valence-electron chi connectivity index (χ2n) is 6.52. The number of halogens is 1. The van der Waals surface area contributed by atoms with Crippen molar-refractivity contribution in [3.63, 3.8) is 0 Å². The summed E-state index contributed by atoms with van der Waals surface area (Å²) in [4.78, 5) is 14.2. The summed E-state index contributed by atoms with van der Waals surface area (Å²) < 4.78 is 0. The zero-order chi connectivity index (χ0) is 14.8. The highest BCUT2D eigenvalue weighted by Gasteiger charge is 2.34. The van der Waals surface area contributed by atoms with Gasteiger partial charge in [0.15, 0.2) is 0 Å². The Morgan fingerprint density at radius 3 is 2.19 bits per heavy atom. The summed E-state index contributed by atoms with van der Waals surface area (Å²) in [5, 5.41) is 0. The number of hydrogen-bond acceptors (Lipinski definition) is 2. The van der Waals surface area contributed by atoms with E-state index in [1.165, 1.54) is 5.56 Å². The molecule has 2 rings (SSSR count). The van der Waals surface area contributed by atoms with Gasteiger partial charge in [0.05, 0.1) is 6.04 Å². The number of hydrogen-bond donors (Lipinski definition) is 1. The molecule has 0 saturated carbocycles. The van der Waals surface area contributed by atoms with Gasteiger partial charge in [-0.25, -0.2) is 0 Å². The van der Waals surface area contributed by atoms with Gasteiger partial charge >= 0.3 is 0 Å². The maximum absolute atomic E-state index is 12.3. The van der Waals surface area contributed by atoms with Crippen molar-refractivity contribution in [2.45, 2.75) is 45.1 Å². The lowest BCUT2D eigenvalue weighted by Crippen LogP contribution is -2.51. The second kappa shape index (κ2) is 7.28. The highest BCUT2D eigenvalue weighted by molar-refractivity contribution is 5.85. The van der Waals surface area contributed by atoms with E-state index in [-0.39, 0.29) is 35.7 Å². The normalized spacial score (nSPS) is 19.0. The van der Waals surface area contributed by atoms with Gasteiger partial charge in [-0.15, -0.1) is 12.4 Å². The van der Waals surface area contributed by atoms with Crippen LogP contribution in [0.4, 0.5) is 0 Å². The molecule has 1 aromatic rings. The number of carbonyl (C=O) groups is 1. The summed E-state index contributed by atoms with van der Waals surface area (Å²) in [6, 6.07) is 10.2. The minimum absolute atomic E-state index is 0. The summed E-state index contributed by atoms with van der Waals surface area (Å²) in [7, 11) is 0. The van der Waals surface area contributed by atoms with Crippen molar-refractivity contribution in [1.82, 2.24) is 4.90 Å². The summed E-state index contributed by atoms with van der Waals surface area (Å²) in [6.45, 7) is 7.92. The Hall–Kier alpha value is -1.06. The molecule has 0 aromatic heterocycles. The van der Waals surface area contributed by atoms with Crippen LogP contribution in [0.3, 0.4) is 0 Å². The molecule has 0 bridgehead atoms. The standard InChI is InChI=1S/C17H26N2O.ClH/c1-13(2)15(18)16(20)19-11-9-17(3,10-12-19)14-7-5-4-6-8-14;/h4-8,13,15H,9-12,18H2,1-3H3;1H/t15-;/m0./s1. The summed E-state index contributed by atoms with van der Waals surface area (Å²) >= 11 is 0. The van der Waals surface area contributed by atoms with Gasteiger partial charge in [0.1, 0.15) is 0 Å². The fraction of sp³-hybridized carbons (Fsp3) is 0.588. The first-order valence-corrected chi connectivity index (χ1v) is 7.54. The molecule has 1 fully saturated rings. The third kappa shape index (κ3) is 3.98. The van der Waals surface area contributed by atoms with Crippen LogP contribution in [0.25, 0.3) is 0 Å². The minimum Gasteiger partial charge on any atom is -0.341 e. The largest absolute Gasteiger partial charge is 0.341 e. The molecule has 1 atom stereocenters. The molecule has 0 spiro atoms. The van der Waals surface area contributed by atoms with E-state index in [2.05, 4.69) is 31.2 Å². The molecule has 0 aliphatic carbocycles.